The normalized spacial score (nSPS) is 10.2. The van der Waals surface area contributed by atoms with Crippen LogP contribution in [0.15, 0.2) is 42.7 Å². The standard InChI is InChI=1S/C16H11ClN6O/c1-10-19-6-7-23(10)15-5-4-13(21-22-15)16(24)20-14-8-12(17)3-2-11(14)9-18/h2-8H,1H3,(H,20,24). The van der Waals surface area contributed by atoms with Gasteiger partial charge in [0.2, 0.25) is 0 Å². The molecule has 0 saturated carbocycles. The lowest BCUT2D eigenvalue weighted by atomic mass is 10.2. The molecule has 0 saturated heterocycles. The first-order valence-corrected chi connectivity index (χ1v) is 7.31. The van der Waals surface area contributed by atoms with E-state index in [1.54, 1.807) is 35.2 Å². The molecule has 8 heteroatoms. The summed E-state index contributed by atoms with van der Waals surface area (Å²) in [6.07, 6.45) is 3.41. The number of anilines is 1. The minimum absolute atomic E-state index is 0.125. The molecule has 0 unspecified atom stereocenters. The molecule has 2 heterocycles. The molecule has 2 aromatic heterocycles. The Bertz CT molecular complexity index is 942. The van der Waals surface area contributed by atoms with Gasteiger partial charge in [-0.1, -0.05) is 11.6 Å². The summed E-state index contributed by atoms with van der Waals surface area (Å²) >= 11 is 5.90. The van der Waals surface area contributed by atoms with Gasteiger partial charge in [-0.2, -0.15) is 5.26 Å². The van der Waals surface area contributed by atoms with Gasteiger partial charge in [-0.25, -0.2) is 4.98 Å². The van der Waals surface area contributed by atoms with E-state index in [1.165, 1.54) is 12.1 Å². The summed E-state index contributed by atoms with van der Waals surface area (Å²) in [7, 11) is 0. The van der Waals surface area contributed by atoms with Crippen LogP contribution in [-0.2, 0) is 0 Å². The topological polar surface area (TPSA) is 96.5 Å². The monoisotopic (exact) mass is 338 g/mol. The van der Waals surface area contributed by atoms with Crippen molar-refractivity contribution in [3.63, 3.8) is 0 Å². The number of halogens is 1. The van der Waals surface area contributed by atoms with Crippen LogP contribution in [0.5, 0.6) is 0 Å². The molecule has 0 aliphatic heterocycles. The number of aryl methyl sites for hydroxylation is 1. The Morgan fingerprint density at radius 3 is 2.75 bits per heavy atom. The number of nitrogens with one attached hydrogen (secondary N) is 1. The summed E-state index contributed by atoms with van der Waals surface area (Å²) in [6.45, 7) is 1.84. The molecular formula is C16H11ClN6O. The van der Waals surface area contributed by atoms with Gasteiger partial charge in [0.1, 0.15) is 11.9 Å². The third kappa shape index (κ3) is 3.09. The number of nitrogens with zero attached hydrogens (tertiary/aromatic N) is 5. The van der Waals surface area contributed by atoms with E-state index < -0.39 is 5.91 Å². The van der Waals surface area contributed by atoms with E-state index in [0.717, 1.165) is 5.82 Å². The van der Waals surface area contributed by atoms with Gasteiger partial charge in [-0.15, -0.1) is 10.2 Å². The highest BCUT2D eigenvalue weighted by Gasteiger charge is 2.12. The fourth-order valence-corrected chi connectivity index (χ4v) is 2.27. The molecule has 1 amide bonds. The highest BCUT2D eigenvalue weighted by Crippen LogP contribution is 2.21. The predicted octanol–water partition coefficient (Wildman–Crippen LogP) is 2.75. The Morgan fingerprint density at radius 2 is 2.12 bits per heavy atom. The summed E-state index contributed by atoms with van der Waals surface area (Å²) in [4.78, 5) is 16.4. The lowest BCUT2D eigenvalue weighted by Crippen LogP contribution is -2.16. The molecule has 3 rings (SSSR count). The van der Waals surface area contributed by atoms with Crippen LogP contribution in [0.1, 0.15) is 21.9 Å². The van der Waals surface area contributed by atoms with E-state index in [4.69, 9.17) is 16.9 Å². The van der Waals surface area contributed by atoms with Crippen LogP contribution in [0.4, 0.5) is 5.69 Å². The summed E-state index contributed by atoms with van der Waals surface area (Å²) in [5.41, 5.74) is 0.762. The van der Waals surface area contributed by atoms with Crippen molar-refractivity contribution in [1.29, 1.82) is 5.26 Å². The fourth-order valence-electron chi connectivity index (χ4n) is 2.10. The Balaban J connectivity index is 1.83. The van der Waals surface area contributed by atoms with Crippen LogP contribution in [0.3, 0.4) is 0 Å². The number of carbonyl (C=O) groups excluding carboxylic acids is 1. The van der Waals surface area contributed by atoms with E-state index in [0.29, 0.717) is 22.1 Å². The van der Waals surface area contributed by atoms with Crippen LogP contribution < -0.4 is 5.32 Å². The maximum Gasteiger partial charge on any atom is 0.276 e. The van der Waals surface area contributed by atoms with Gasteiger partial charge in [0, 0.05) is 17.4 Å². The number of carbonyl (C=O) groups is 1. The van der Waals surface area contributed by atoms with Gasteiger partial charge in [0.15, 0.2) is 11.5 Å². The van der Waals surface area contributed by atoms with Crippen LogP contribution in [0.2, 0.25) is 5.02 Å². The fraction of sp³-hybridized carbons (Fsp3) is 0.0625. The van der Waals surface area contributed by atoms with E-state index in [-0.39, 0.29) is 5.69 Å². The zero-order valence-electron chi connectivity index (χ0n) is 12.6. The molecule has 0 aliphatic rings. The minimum Gasteiger partial charge on any atom is -0.319 e. The second kappa shape index (κ2) is 6.48. The van der Waals surface area contributed by atoms with Gasteiger partial charge in [0.05, 0.1) is 11.3 Å². The lowest BCUT2D eigenvalue weighted by molar-refractivity contribution is 0.102. The smallest absolute Gasteiger partial charge is 0.276 e. The highest BCUT2D eigenvalue weighted by molar-refractivity contribution is 6.31. The Morgan fingerprint density at radius 1 is 1.29 bits per heavy atom. The Hall–Kier alpha value is -3.24. The van der Waals surface area contributed by atoms with E-state index in [9.17, 15) is 4.79 Å². The average Bonchev–Trinajstić information content (AvgIpc) is 3.01. The van der Waals surface area contributed by atoms with Gasteiger partial charge < -0.3 is 5.32 Å². The number of rotatable bonds is 3. The number of benzene rings is 1. The molecule has 118 valence electrons. The molecule has 3 aromatic rings. The highest BCUT2D eigenvalue weighted by atomic mass is 35.5. The SMILES string of the molecule is Cc1nccn1-c1ccc(C(=O)Nc2cc(Cl)ccc2C#N)nn1. The maximum atomic E-state index is 12.3. The average molecular weight is 339 g/mol. The van der Waals surface area contributed by atoms with Gasteiger partial charge >= 0.3 is 0 Å². The largest absolute Gasteiger partial charge is 0.319 e. The number of imidazole rings is 1. The van der Waals surface area contributed by atoms with Crippen LogP contribution in [0, 0.1) is 18.3 Å². The Kier molecular flexibility index (Phi) is 4.22. The van der Waals surface area contributed by atoms with Crippen LogP contribution >= 0.6 is 11.6 Å². The van der Waals surface area contributed by atoms with Crippen molar-refractivity contribution in [2.75, 3.05) is 5.32 Å². The second-order valence-electron chi connectivity index (χ2n) is 4.88. The molecular weight excluding hydrogens is 328 g/mol. The molecule has 0 spiro atoms. The van der Waals surface area contributed by atoms with Crippen LogP contribution in [-0.4, -0.2) is 25.7 Å². The molecule has 0 atom stereocenters. The third-order valence-electron chi connectivity index (χ3n) is 3.31. The number of hydrogen-bond acceptors (Lipinski definition) is 5. The summed E-state index contributed by atoms with van der Waals surface area (Å²) in [5.74, 6) is 0.844. The van der Waals surface area contributed by atoms with Crippen molar-refractivity contribution in [2.45, 2.75) is 6.92 Å². The first kappa shape index (κ1) is 15.6. The van der Waals surface area contributed by atoms with E-state index >= 15 is 0 Å². The van der Waals surface area contributed by atoms with Crippen LogP contribution in [0.25, 0.3) is 5.82 Å². The summed E-state index contributed by atoms with van der Waals surface area (Å²) in [6, 6.07) is 9.84. The molecule has 0 radical (unpaired) electrons. The first-order chi connectivity index (χ1) is 11.6. The van der Waals surface area contributed by atoms with Gasteiger partial charge in [0.25, 0.3) is 5.91 Å². The van der Waals surface area contributed by atoms with Crippen molar-refractivity contribution in [3.05, 3.63) is 64.8 Å². The Labute approximate surface area is 142 Å². The van der Waals surface area contributed by atoms with Crippen molar-refractivity contribution in [1.82, 2.24) is 19.7 Å². The van der Waals surface area contributed by atoms with E-state index in [2.05, 4.69) is 20.5 Å². The number of nitriles is 1. The van der Waals surface area contributed by atoms with Gasteiger partial charge in [-0.3, -0.25) is 9.36 Å². The molecule has 0 bridgehead atoms. The molecule has 1 aromatic carbocycles. The molecule has 7 nitrogen and oxygen atoms in total. The predicted molar refractivity (Wildman–Crippen MR) is 88.0 cm³/mol. The zero-order chi connectivity index (χ0) is 17.1. The second-order valence-corrected chi connectivity index (χ2v) is 5.31. The summed E-state index contributed by atoms with van der Waals surface area (Å²) < 4.78 is 1.75. The number of hydrogen-bond donors (Lipinski definition) is 1. The van der Waals surface area contributed by atoms with Crippen molar-refractivity contribution in [2.24, 2.45) is 0 Å². The lowest BCUT2D eigenvalue weighted by Gasteiger charge is -2.07. The number of amides is 1. The van der Waals surface area contributed by atoms with E-state index in [1.807, 2.05) is 13.0 Å². The molecule has 24 heavy (non-hydrogen) atoms. The molecule has 0 aliphatic carbocycles. The molecule has 0 fully saturated rings. The van der Waals surface area contributed by atoms with Crippen molar-refractivity contribution >= 4 is 23.2 Å². The number of aromatic nitrogens is 4. The zero-order valence-corrected chi connectivity index (χ0v) is 13.3. The third-order valence-corrected chi connectivity index (χ3v) is 3.54. The quantitative estimate of drug-likeness (QED) is 0.792. The van der Waals surface area contributed by atoms with Crippen molar-refractivity contribution < 1.29 is 4.79 Å². The summed E-state index contributed by atoms with van der Waals surface area (Å²) in [5, 5.41) is 20.1. The minimum atomic E-state index is -0.477. The van der Waals surface area contributed by atoms with Crippen molar-refractivity contribution in [3.8, 4) is 11.9 Å². The molecule has 1 N–H and O–H groups in total. The maximum absolute atomic E-state index is 12.3. The first-order valence-electron chi connectivity index (χ1n) is 6.93. The van der Waals surface area contributed by atoms with Gasteiger partial charge in [-0.05, 0) is 37.3 Å².